The van der Waals surface area contributed by atoms with Crippen molar-refractivity contribution in [3.8, 4) is 0 Å². The maximum Gasteiger partial charge on any atom is 0.339 e. The van der Waals surface area contributed by atoms with Gasteiger partial charge in [0.15, 0.2) is 5.60 Å². The second-order valence-corrected chi connectivity index (χ2v) is 21.6. The van der Waals surface area contributed by atoms with Crippen molar-refractivity contribution in [2.45, 2.75) is 134 Å². The number of ether oxygens (including phenoxy) is 2. The number of hydrogen-bond acceptors (Lipinski definition) is 6. The zero-order valence-corrected chi connectivity index (χ0v) is 33.9. The summed E-state index contributed by atoms with van der Waals surface area (Å²) in [6.07, 6.45) is 19.5. The van der Waals surface area contributed by atoms with Crippen molar-refractivity contribution in [1.82, 2.24) is 4.90 Å². The number of carbonyl (C=O) groups excluding carboxylic acids is 2. The summed E-state index contributed by atoms with van der Waals surface area (Å²) in [6.45, 7) is 10.6. The van der Waals surface area contributed by atoms with Crippen LogP contribution in [0.25, 0.3) is 0 Å². The molecule has 1 aromatic carbocycles. The van der Waals surface area contributed by atoms with Crippen molar-refractivity contribution in [2.75, 3.05) is 19.6 Å². The van der Waals surface area contributed by atoms with Gasteiger partial charge in [0.05, 0.1) is 29.6 Å². The Hall–Kier alpha value is -2.74. The highest BCUT2D eigenvalue weighted by molar-refractivity contribution is 6.00. The summed E-state index contributed by atoms with van der Waals surface area (Å²) in [6, 6.07) is 8.91. The van der Waals surface area contributed by atoms with Crippen LogP contribution in [0, 0.1) is 64.1 Å². The van der Waals surface area contributed by atoms with Crippen LogP contribution in [0.3, 0.4) is 0 Å². The number of nitrogens with two attached hydrogens (primary N) is 1. The van der Waals surface area contributed by atoms with Crippen LogP contribution in [0.2, 0.25) is 0 Å². The van der Waals surface area contributed by atoms with E-state index in [9.17, 15) is 4.79 Å². The Morgan fingerprint density at radius 1 is 0.964 bits per heavy atom. The van der Waals surface area contributed by atoms with Crippen molar-refractivity contribution in [3.05, 3.63) is 69.5 Å². The zero-order valence-electron chi connectivity index (χ0n) is 33.9. The van der Waals surface area contributed by atoms with Gasteiger partial charge in [-0.05, 0) is 137 Å². The number of nitrogens with zero attached hydrogens (tertiary/aromatic N) is 1. The van der Waals surface area contributed by atoms with E-state index in [1.807, 2.05) is 4.90 Å². The molecule has 3 saturated carbocycles. The number of benzene rings is 1. The molecular weight excluding hydrogens is 695 g/mol. The minimum atomic E-state index is -0.929. The summed E-state index contributed by atoms with van der Waals surface area (Å²) in [4.78, 5) is 35.4. The van der Waals surface area contributed by atoms with Crippen LogP contribution < -0.4 is 10.6 Å². The number of aryl methyl sites for hydroxylation is 1. The minimum Gasteiger partial charge on any atom is -0.449 e. The van der Waals surface area contributed by atoms with E-state index in [0.717, 1.165) is 97.6 Å². The standard InChI is InChI=1S/C49H61N3O4/c1-25-9-10-30-21-35-26(2)19-31-12-14-38-32-20-33-24-52(38)44(31)42(35)34-15-16-47-40(22-29-11-13-37(33)51(23-32)27(29)3)55-46(54)48(47,43(30)34)39(18-25)49(47)36-8-4-6-28(7-5-17-50)41(36)45(53)56-49/h4,6,8,21-22,25-27,29,31-33,35,37-39,42,44H,5,7,9-20,23-24,50H2,1-3H3/p+1. The van der Waals surface area contributed by atoms with Gasteiger partial charge in [0, 0.05) is 60.2 Å². The molecule has 296 valence electrons. The highest BCUT2D eigenvalue weighted by Gasteiger charge is 2.93. The number of quaternary nitrogens is 1. The third-order valence-electron chi connectivity index (χ3n) is 19.9. The van der Waals surface area contributed by atoms with Crippen LogP contribution >= 0.6 is 0 Å². The molecule has 13 aliphatic rings. The van der Waals surface area contributed by atoms with Crippen LogP contribution in [-0.2, 0) is 26.3 Å². The zero-order chi connectivity index (χ0) is 37.6. The Labute approximate surface area is 332 Å². The lowest BCUT2D eigenvalue weighted by Crippen LogP contribution is -3.24. The molecular formula is C49H62N3O4+. The average molecular weight is 757 g/mol. The van der Waals surface area contributed by atoms with Crippen LogP contribution in [0.4, 0.5) is 0 Å². The van der Waals surface area contributed by atoms with Crippen LogP contribution in [-0.4, -0.2) is 60.6 Å². The lowest BCUT2D eigenvalue weighted by atomic mass is 9.27. The number of nitrogens with one attached hydrogen (secondary N) is 1. The fourth-order valence-electron chi connectivity index (χ4n) is 18.1. The molecule has 8 fully saturated rings. The predicted octanol–water partition coefficient (Wildman–Crippen LogP) is 6.27. The van der Waals surface area contributed by atoms with Crippen LogP contribution in [0.5, 0.6) is 0 Å². The molecule has 5 aliphatic carbocycles. The van der Waals surface area contributed by atoms with Gasteiger partial charge in [-0.1, -0.05) is 43.7 Å². The molecule has 0 radical (unpaired) electrons. The van der Waals surface area contributed by atoms with Gasteiger partial charge < -0.3 is 20.1 Å². The van der Waals surface area contributed by atoms with Crippen molar-refractivity contribution in [1.29, 1.82) is 0 Å². The van der Waals surface area contributed by atoms with E-state index >= 15 is 4.79 Å². The monoisotopic (exact) mass is 756 g/mol. The molecule has 5 saturated heterocycles. The smallest absolute Gasteiger partial charge is 0.339 e. The fraction of sp³-hybridized carbons (Fsp3) is 0.714. The van der Waals surface area contributed by atoms with E-state index < -0.39 is 16.4 Å². The summed E-state index contributed by atoms with van der Waals surface area (Å²) >= 11 is 0. The number of esters is 2. The number of carbonyl (C=O) groups is 2. The quantitative estimate of drug-likeness (QED) is 0.354. The third kappa shape index (κ3) is 3.69. The Balaban J connectivity index is 1.11. The van der Waals surface area contributed by atoms with Crippen molar-refractivity contribution < 1.29 is 24.0 Å². The number of piperidine rings is 4. The van der Waals surface area contributed by atoms with Gasteiger partial charge in [0.25, 0.3) is 0 Å². The first-order chi connectivity index (χ1) is 27.2. The van der Waals surface area contributed by atoms with Gasteiger partial charge in [0.2, 0.25) is 0 Å². The Morgan fingerprint density at radius 2 is 1.86 bits per heavy atom. The summed E-state index contributed by atoms with van der Waals surface area (Å²) in [5, 5.41) is 0. The van der Waals surface area contributed by atoms with E-state index in [1.165, 1.54) is 56.3 Å². The van der Waals surface area contributed by atoms with Gasteiger partial charge in [-0.15, -0.1) is 0 Å². The molecule has 3 N–H and O–H groups in total. The van der Waals surface area contributed by atoms with Gasteiger partial charge >= 0.3 is 11.9 Å². The molecule has 0 aromatic heterocycles. The van der Waals surface area contributed by atoms with E-state index in [1.54, 1.807) is 5.57 Å². The topological polar surface area (TPSA) is 86.3 Å². The molecule has 7 nitrogen and oxygen atoms in total. The maximum atomic E-state index is 15.8. The summed E-state index contributed by atoms with van der Waals surface area (Å²) in [5.74, 6) is 5.14. The molecule has 8 heterocycles. The van der Waals surface area contributed by atoms with Crippen molar-refractivity contribution >= 4 is 11.9 Å². The normalized spacial score (nSPS) is 52.1. The molecule has 8 aliphatic heterocycles. The Morgan fingerprint density at radius 3 is 2.73 bits per heavy atom. The second kappa shape index (κ2) is 11.3. The molecule has 1 aromatic rings. The number of fused-ring (bicyclic) bond motifs is 6. The van der Waals surface area contributed by atoms with Crippen LogP contribution in [0.1, 0.15) is 119 Å². The summed E-state index contributed by atoms with van der Waals surface area (Å²) < 4.78 is 14.3. The highest BCUT2D eigenvalue weighted by atomic mass is 16.6. The largest absolute Gasteiger partial charge is 0.449 e. The molecule has 8 bridgehead atoms. The molecule has 7 heteroatoms. The van der Waals surface area contributed by atoms with E-state index in [-0.39, 0.29) is 17.9 Å². The van der Waals surface area contributed by atoms with E-state index in [2.05, 4.69) is 56.0 Å². The molecule has 18 atom stereocenters. The third-order valence-corrected chi connectivity index (χ3v) is 19.9. The SMILES string of the molecule is CC1CCC2=CC3C(C)CC4CCC5C6CC7C[NH+]5C4C3C3=C2C24C(=O)OC(=CC5CCC7N(C6)C5C)C2(CC3)C2(OC(=O)c3c(CCCN)cccc32)C4C1. The highest BCUT2D eigenvalue weighted by Crippen LogP contribution is 2.88. The van der Waals surface area contributed by atoms with Gasteiger partial charge in [-0.3, -0.25) is 9.69 Å². The summed E-state index contributed by atoms with van der Waals surface area (Å²) in [7, 11) is 0. The molecule has 0 amide bonds. The lowest BCUT2D eigenvalue weighted by Gasteiger charge is -2.72. The first-order valence-corrected chi connectivity index (χ1v) is 23.3. The molecule has 3 spiro atoms. The fourth-order valence-corrected chi connectivity index (χ4v) is 18.1. The van der Waals surface area contributed by atoms with Crippen LogP contribution in [0.15, 0.2) is 52.8 Å². The first kappa shape index (κ1) is 34.2. The number of rotatable bonds is 3. The van der Waals surface area contributed by atoms with Crippen molar-refractivity contribution in [2.24, 2.45) is 69.8 Å². The first-order valence-electron chi connectivity index (χ1n) is 23.3. The summed E-state index contributed by atoms with van der Waals surface area (Å²) in [5.41, 5.74) is 10.9. The minimum absolute atomic E-state index is 0.0291. The van der Waals surface area contributed by atoms with E-state index in [4.69, 9.17) is 15.2 Å². The molecule has 56 heavy (non-hydrogen) atoms. The predicted molar refractivity (Wildman–Crippen MR) is 212 cm³/mol. The lowest BCUT2D eigenvalue weighted by molar-refractivity contribution is -0.977. The van der Waals surface area contributed by atoms with Gasteiger partial charge in [-0.25, -0.2) is 4.79 Å². The second-order valence-electron chi connectivity index (χ2n) is 21.6. The maximum absolute atomic E-state index is 15.8. The van der Waals surface area contributed by atoms with E-state index in [0.29, 0.717) is 54.3 Å². The van der Waals surface area contributed by atoms with Gasteiger partial charge in [-0.2, -0.15) is 0 Å². The Bertz CT molecular complexity index is 2070. The number of allylic oxidation sites excluding steroid dienone is 2. The molecule has 18 unspecified atom stereocenters. The average Bonchev–Trinajstić information content (AvgIpc) is 3.63. The number of hydrogen-bond donors (Lipinski definition) is 2. The van der Waals surface area contributed by atoms with Crippen molar-refractivity contribution in [3.63, 3.8) is 0 Å². The Kier molecular flexibility index (Phi) is 6.89. The van der Waals surface area contributed by atoms with Gasteiger partial charge in [0.1, 0.15) is 11.2 Å². The molecule has 14 rings (SSSR count).